The number of imidazole rings is 1. The molecule has 6 heteroatoms. The molecular formula is C24H24FN3OS. The van der Waals surface area contributed by atoms with Gasteiger partial charge in [0.1, 0.15) is 11.6 Å². The highest BCUT2D eigenvalue weighted by Crippen LogP contribution is 2.52. The van der Waals surface area contributed by atoms with Gasteiger partial charge in [0.2, 0.25) is 0 Å². The average molecular weight is 422 g/mol. The molecule has 0 amide bonds. The average Bonchev–Trinajstić information content (AvgIpc) is 3.24. The fourth-order valence-electron chi connectivity index (χ4n) is 4.22. The van der Waals surface area contributed by atoms with Crippen LogP contribution < -0.4 is 0 Å². The van der Waals surface area contributed by atoms with Gasteiger partial charge in [-0.05, 0) is 67.2 Å². The molecule has 1 aromatic carbocycles. The lowest BCUT2D eigenvalue weighted by molar-refractivity contribution is 0.628. The van der Waals surface area contributed by atoms with Crippen molar-refractivity contribution in [2.75, 3.05) is 6.26 Å². The Bertz CT molecular complexity index is 1170. The van der Waals surface area contributed by atoms with E-state index in [0.29, 0.717) is 0 Å². The summed E-state index contributed by atoms with van der Waals surface area (Å²) >= 11 is 0. The third kappa shape index (κ3) is 3.35. The summed E-state index contributed by atoms with van der Waals surface area (Å²) < 4.78 is 25.6. The zero-order valence-electron chi connectivity index (χ0n) is 16.6. The van der Waals surface area contributed by atoms with E-state index in [-0.39, 0.29) is 17.9 Å². The highest BCUT2D eigenvalue weighted by atomic mass is 32.2. The van der Waals surface area contributed by atoms with Crippen molar-refractivity contribution < 1.29 is 10.0 Å². The second kappa shape index (κ2) is 7.43. The van der Waals surface area contributed by atoms with E-state index < -0.39 is 10.8 Å². The highest BCUT2D eigenvalue weighted by molar-refractivity contribution is 7.86. The molecule has 0 aliphatic heterocycles. The van der Waals surface area contributed by atoms with Gasteiger partial charge in [-0.1, -0.05) is 18.2 Å². The number of benzene rings is 1. The summed E-state index contributed by atoms with van der Waals surface area (Å²) in [5.41, 5.74) is 4.65. The van der Waals surface area contributed by atoms with E-state index in [0.717, 1.165) is 53.2 Å². The maximum atomic E-state index is 13.5. The summed E-state index contributed by atoms with van der Waals surface area (Å²) in [5, 5.41) is 0. The predicted octanol–water partition coefficient (Wildman–Crippen LogP) is 5.39. The highest BCUT2D eigenvalue weighted by Gasteiger charge is 2.54. The number of nitrogens with one attached hydrogen (secondary N) is 1. The molecule has 2 aliphatic rings. The van der Waals surface area contributed by atoms with E-state index in [4.69, 9.17) is 4.98 Å². The molecule has 1 saturated carbocycles. The summed E-state index contributed by atoms with van der Waals surface area (Å²) in [6.07, 6.45) is 14.5. The number of aromatic nitrogens is 3. The molecule has 4 nitrogen and oxygen atoms in total. The minimum atomic E-state index is -0.899. The number of hydrogen-bond acceptors (Lipinski definition) is 3. The number of halogens is 1. The molecule has 3 unspecified atom stereocenters. The van der Waals surface area contributed by atoms with Crippen LogP contribution in [0.1, 0.15) is 26.5 Å². The molecule has 0 saturated heterocycles. The Kier molecular flexibility index (Phi) is 4.74. The van der Waals surface area contributed by atoms with Crippen LogP contribution in [0.5, 0.6) is 0 Å². The molecule has 2 aliphatic carbocycles. The van der Waals surface area contributed by atoms with E-state index >= 15 is 0 Å². The van der Waals surface area contributed by atoms with Crippen molar-refractivity contribution in [1.82, 2.24) is 15.0 Å². The topological polar surface area (TPSA) is 58.6 Å². The number of hydrogen-bond donors (Lipinski definition) is 1. The second-order valence-electron chi connectivity index (χ2n) is 7.90. The van der Waals surface area contributed by atoms with Crippen LogP contribution in [0.25, 0.3) is 28.1 Å². The minimum Gasteiger partial charge on any atom is -0.338 e. The van der Waals surface area contributed by atoms with Gasteiger partial charge >= 0.3 is 0 Å². The van der Waals surface area contributed by atoms with Gasteiger partial charge in [-0.15, -0.1) is 0 Å². The van der Waals surface area contributed by atoms with Crippen LogP contribution in [0, 0.1) is 11.7 Å². The number of nitrogens with zero attached hydrogens (tertiary/aromatic N) is 2. The third-order valence-electron chi connectivity index (χ3n) is 6.02. The maximum absolute atomic E-state index is 13.5. The van der Waals surface area contributed by atoms with E-state index in [1.807, 2.05) is 12.1 Å². The summed E-state index contributed by atoms with van der Waals surface area (Å²) in [6, 6.07) is 10.3. The normalized spacial score (nSPS) is 26.6. The van der Waals surface area contributed by atoms with Crippen LogP contribution in [-0.2, 0) is 10.8 Å². The van der Waals surface area contributed by atoms with Crippen LogP contribution in [-0.4, -0.2) is 30.2 Å². The summed E-state index contributed by atoms with van der Waals surface area (Å²) in [4.78, 5) is 12.6. The fourth-order valence-corrected chi connectivity index (χ4v) is 5.41. The maximum Gasteiger partial charge on any atom is 0.134 e. The largest absolute Gasteiger partial charge is 0.338 e. The first kappa shape index (κ1) is 19.1. The van der Waals surface area contributed by atoms with Crippen molar-refractivity contribution in [2.24, 2.45) is 5.92 Å². The number of rotatable bonds is 4. The molecule has 5 rings (SSSR count). The molecule has 0 radical (unpaired) electrons. The number of H-pyrrole nitrogens is 1. The molecule has 2 heterocycles. The van der Waals surface area contributed by atoms with Gasteiger partial charge in [0.15, 0.2) is 0 Å². The second-order valence-corrected chi connectivity index (χ2v) is 9.57. The molecule has 3 aromatic rings. The predicted molar refractivity (Wildman–Crippen MR) is 121 cm³/mol. The van der Waals surface area contributed by atoms with Crippen molar-refractivity contribution >= 4 is 16.4 Å². The van der Waals surface area contributed by atoms with Crippen molar-refractivity contribution in [2.45, 2.75) is 24.0 Å². The Balaban J connectivity index is 0.00000231. The van der Waals surface area contributed by atoms with Crippen LogP contribution >= 0.6 is 0 Å². The van der Waals surface area contributed by atoms with E-state index in [9.17, 15) is 8.60 Å². The first-order chi connectivity index (χ1) is 14.6. The first-order valence-electron chi connectivity index (χ1n) is 10.1. The van der Waals surface area contributed by atoms with E-state index in [1.165, 1.54) is 12.1 Å². The molecule has 30 heavy (non-hydrogen) atoms. The lowest BCUT2D eigenvalue weighted by atomic mass is 10.0. The van der Waals surface area contributed by atoms with Crippen LogP contribution in [0.15, 0.2) is 67.0 Å². The Morgan fingerprint density at radius 3 is 2.67 bits per heavy atom. The molecule has 1 fully saturated rings. The van der Waals surface area contributed by atoms with E-state index in [2.05, 4.69) is 28.2 Å². The van der Waals surface area contributed by atoms with Crippen molar-refractivity contribution in [3.63, 3.8) is 0 Å². The zero-order valence-corrected chi connectivity index (χ0v) is 17.5. The monoisotopic (exact) mass is 421 g/mol. The quantitative estimate of drug-likeness (QED) is 0.574. The minimum absolute atomic E-state index is 0. The van der Waals surface area contributed by atoms with Crippen molar-refractivity contribution in [3.8, 4) is 22.5 Å². The van der Waals surface area contributed by atoms with Gasteiger partial charge in [-0.25, -0.2) is 9.37 Å². The van der Waals surface area contributed by atoms with Crippen molar-refractivity contribution in [3.05, 3.63) is 78.7 Å². The molecule has 1 N–H and O–H groups in total. The number of fused-ring (bicyclic) bond motifs is 1. The standard InChI is InChI=1S/C24H22FN3OS.H2/c1-30(29)24-11-3-2-4-18(14-19(24)15-24)23-27-21(16-5-7-20(25)8-6-16)22(28-23)17-9-12-26-13-10-17;/h3,5-14,19H,2,4,15H2,1H3,(H,27,28);1H/b11-3-,18-14+;. The van der Waals surface area contributed by atoms with Gasteiger partial charge in [0.05, 0.1) is 16.1 Å². The Morgan fingerprint density at radius 1 is 1.17 bits per heavy atom. The number of aromatic amines is 1. The van der Waals surface area contributed by atoms with Gasteiger partial charge in [-0.3, -0.25) is 9.19 Å². The van der Waals surface area contributed by atoms with Crippen molar-refractivity contribution in [1.29, 1.82) is 0 Å². The fraction of sp³-hybridized carbons (Fsp3) is 0.250. The van der Waals surface area contributed by atoms with Gasteiger partial charge in [0, 0.05) is 42.0 Å². The zero-order chi connectivity index (χ0) is 20.7. The summed E-state index contributed by atoms with van der Waals surface area (Å²) in [7, 11) is -0.899. The summed E-state index contributed by atoms with van der Waals surface area (Å²) in [6.45, 7) is 0. The van der Waals surface area contributed by atoms with Crippen LogP contribution in [0.2, 0.25) is 0 Å². The molecular weight excluding hydrogens is 397 g/mol. The third-order valence-corrected chi connectivity index (χ3v) is 7.69. The van der Waals surface area contributed by atoms with Gasteiger partial charge in [-0.2, -0.15) is 0 Å². The number of allylic oxidation sites excluding steroid dienone is 3. The van der Waals surface area contributed by atoms with Crippen LogP contribution in [0.4, 0.5) is 4.39 Å². The molecule has 0 bridgehead atoms. The SMILES string of the molecule is CS(=O)C12/C=C\CC/C(c3nc(-c4ccc(F)cc4)c(-c4ccncc4)[nH]3)=C\C1C2.[HH]. The first-order valence-corrected chi connectivity index (χ1v) is 11.6. The Labute approximate surface area is 178 Å². The Hall–Kier alpha value is -2.86. The smallest absolute Gasteiger partial charge is 0.134 e. The lowest BCUT2D eigenvalue weighted by Gasteiger charge is -2.12. The van der Waals surface area contributed by atoms with E-state index in [1.54, 1.807) is 30.8 Å². The number of pyridine rings is 1. The van der Waals surface area contributed by atoms with Crippen LogP contribution in [0.3, 0.4) is 0 Å². The molecule has 3 atom stereocenters. The van der Waals surface area contributed by atoms with Gasteiger partial charge in [0.25, 0.3) is 0 Å². The Morgan fingerprint density at radius 2 is 1.93 bits per heavy atom. The summed E-state index contributed by atoms with van der Waals surface area (Å²) in [5.74, 6) is 0.824. The molecule has 154 valence electrons. The molecule has 0 spiro atoms. The van der Waals surface area contributed by atoms with Gasteiger partial charge < -0.3 is 4.98 Å². The lowest BCUT2D eigenvalue weighted by Crippen LogP contribution is -2.15. The molecule has 2 aromatic heterocycles.